The number of hydrogen-bond donors (Lipinski definition) is 1. The number of piperidine rings is 1. The first kappa shape index (κ1) is 17.3. The van der Waals surface area contributed by atoms with Crippen molar-refractivity contribution in [1.29, 1.82) is 10.5 Å². The average Bonchev–Trinajstić information content (AvgIpc) is 2.70. The smallest absolute Gasteiger partial charge is 0.321 e. The van der Waals surface area contributed by atoms with E-state index >= 15 is 0 Å². The lowest BCUT2D eigenvalue weighted by molar-refractivity contribution is 0.192. The molecule has 6 nitrogen and oxygen atoms in total. The molecule has 0 aliphatic carbocycles. The number of rotatable bonds is 3. The summed E-state index contributed by atoms with van der Waals surface area (Å²) in [6, 6.07) is 18.3. The van der Waals surface area contributed by atoms with Crippen LogP contribution in [0.15, 0.2) is 48.5 Å². The van der Waals surface area contributed by atoms with E-state index in [1.807, 2.05) is 30.3 Å². The maximum Gasteiger partial charge on any atom is 0.321 e. The third-order valence-electron chi connectivity index (χ3n) is 4.29. The zero-order chi connectivity index (χ0) is 18.4. The van der Waals surface area contributed by atoms with Crippen LogP contribution in [-0.4, -0.2) is 24.0 Å². The molecule has 0 saturated carbocycles. The van der Waals surface area contributed by atoms with Crippen molar-refractivity contribution in [3.8, 4) is 23.6 Å². The quantitative estimate of drug-likeness (QED) is 0.905. The Balaban J connectivity index is 1.67. The molecule has 2 aromatic carbocycles. The van der Waals surface area contributed by atoms with Crippen molar-refractivity contribution < 1.29 is 9.53 Å². The second-order valence-corrected chi connectivity index (χ2v) is 6.06. The van der Waals surface area contributed by atoms with Gasteiger partial charge in [-0.3, -0.25) is 0 Å². The van der Waals surface area contributed by atoms with Crippen molar-refractivity contribution >= 4 is 11.7 Å². The van der Waals surface area contributed by atoms with Crippen LogP contribution in [-0.2, 0) is 0 Å². The number of anilines is 1. The summed E-state index contributed by atoms with van der Waals surface area (Å²) in [5.74, 6) is 1.10. The van der Waals surface area contributed by atoms with Gasteiger partial charge in [-0.05, 0) is 43.2 Å². The first-order valence-corrected chi connectivity index (χ1v) is 8.42. The average molecular weight is 346 g/mol. The van der Waals surface area contributed by atoms with Crippen LogP contribution in [0.25, 0.3) is 0 Å². The lowest BCUT2D eigenvalue weighted by Gasteiger charge is -2.29. The fraction of sp³-hybridized carbons (Fsp3) is 0.250. The molecule has 3 rings (SSSR count). The number of hydrogen-bond acceptors (Lipinski definition) is 4. The molecule has 1 N–H and O–H groups in total. The Morgan fingerprint density at radius 1 is 1.12 bits per heavy atom. The largest absolute Gasteiger partial charge is 0.456 e. The Bertz CT molecular complexity index is 860. The lowest BCUT2D eigenvalue weighted by Crippen LogP contribution is -2.40. The molecule has 1 aliphatic rings. The van der Waals surface area contributed by atoms with Crippen LogP contribution in [0.4, 0.5) is 10.5 Å². The Labute approximate surface area is 152 Å². The molecule has 1 heterocycles. The zero-order valence-electron chi connectivity index (χ0n) is 14.2. The second-order valence-electron chi connectivity index (χ2n) is 6.06. The van der Waals surface area contributed by atoms with Gasteiger partial charge in [-0.1, -0.05) is 18.2 Å². The van der Waals surface area contributed by atoms with Crippen molar-refractivity contribution in [1.82, 2.24) is 4.90 Å². The molecule has 6 heteroatoms. The first-order chi connectivity index (χ1) is 12.7. The van der Waals surface area contributed by atoms with Crippen LogP contribution in [0, 0.1) is 28.6 Å². The van der Waals surface area contributed by atoms with Gasteiger partial charge < -0.3 is 15.0 Å². The highest BCUT2D eigenvalue weighted by molar-refractivity contribution is 5.89. The van der Waals surface area contributed by atoms with Crippen LogP contribution < -0.4 is 10.1 Å². The van der Waals surface area contributed by atoms with E-state index in [9.17, 15) is 10.1 Å². The Kier molecular flexibility index (Phi) is 5.36. The predicted molar refractivity (Wildman–Crippen MR) is 96.6 cm³/mol. The highest BCUT2D eigenvalue weighted by Crippen LogP contribution is 2.27. The Hall–Kier alpha value is -3.51. The maximum absolute atomic E-state index is 12.4. The summed E-state index contributed by atoms with van der Waals surface area (Å²) in [5, 5.41) is 21.1. The van der Waals surface area contributed by atoms with Crippen molar-refractivity contribution in [3.63, 3.8) is 0 Å². The lowest BCUT2D eigenvalue weighted by atomic mass is 9.99. The summed E-state index contributed by atoms with van der Waals surface area (Å²) >= 11 is 0. The molecule has 0 bridgehead atoms. The number of carbonyl (C=O) groups excluding carboxylic acids is 1. The topological polar surface area (TPSA) is 89.2 Å². The standard InChI is InChI=1S/C20H18N4O2/c21-13-15-8-10-24(11-9-15)20(25)23-17-6-7-19(16(12-17)14-22)26-18-4-2-1-3-5-18/h1-7,12,15H,8-11H2,(H,23,25). The van der Waals surface area contributed by atoms with Crippen molar-refractivity contribution in [2.45, 2.75) is 12.8 Å². The van der Waals surface area contributed by atoms with Gasteiger partial charge in [-0.15, -0.1) is 0 Å². The zero-order valence-corrected chi connectivity index (χ0v) is 14.2. The molecular formula is C20H18N4O2. The molecule has 0 spiro atoms. The summed E-state index contributed by atoms with van der Waals surface area (Å²) in [5.41, 5.74) is 0.879. The molecule has 0 unspecified atom stereocenters. The fourth-order valence-corrected chi connectivity index (χ4v) is 2.81. The van der Waals surface area contributed by atoms with Gasteiger partial charge in [0.1, 0.15) is 17.6 Å². The highest BCUT2D eigenvalue weighted by atomic mass is 16.5. The van der Waals surface area contributed by atoms with Crippen LogP contribution in [0.1, 0.15) is 18.4 Å². The third kappa shape index (κ3) is 4.12. The normalized spacial score (nSPS) is 14.2. The number of amides is 2. The van der Waals surface area contributed by atoms with Crippen LogP contribution in [0.3, 0.4) is 0 Å². The van der Waals surface area contributed by atoms with Gasteiger partial charge in [0, 0.05) is 24.7 Å². The molecular weight excluding hydrogens is 328 g/mol. The minimum Gasteiger partial charge on any atom is -0.456 e. The number of likely N-dealkylation sites (tertiary alicyclic amines) is 1. The number of benzene rings is 2. The van der Waals surface area contributed by atoms with Crippen molar-refractivity contribution in [2.75, 3.05) is 18.4 Å². The molecule has 1 fully saturated rings. The summed E-state index contributed by atoms with van der Waals surface area (Å²) < 4.78 is 5.72. The van der Waals surface area contributed by atoms with E-state index in [0.717, 1.165) is 0 Å². The van der Waals surface area contributed by atoms with E-state index in [1.54, 1.807) is 23.1 Å². The van der Waals surface area contributed by atoms with Crippen LogP contribution >= 0.6 is 0 Å². The van der Waals surface area contributed by atoms with E-state index in [0.29, 0.717) is 48.7 Å². The number of nitriles is 2. The summed E-state index contributed by atoms with van der Waals surface area (Å²) in [6.45, 7) is 1.12. The van der Waals surface area contributed by atoms with Crippen LogP contribution in [0.5, 0.6) is 11.5 Å². The van der Waals surface area contributed by atoms with Crippen molar-refractivity contribution in [3.05, 3.63) is 54.1 Å². The van der Waals surface area contributed by atoms with Gasteiger partial charge in [0.15, 0.2) is 0 Å². The third-order valence-corrected chi connectivity index (χ3v) is 4.29. The van der Waals surface area contributed by atoms with E-state index in [-0.39, 0.29) is 11.9 Å². The fourth-order valence-electron chi connectivity index (χ4n) is 2.81. The molecule has 0 radical (unpaired) electrons. The number of carbonyl (C=O) groups is 1. The van der Waals surface area contributed by atoms with Crippen LogP contribution in [0.2, 0.25) is 0 Å². The molecule has 2 amide bonds. The number of urea groups is 1. The van der Waals surface area contributed by atoms with Gasteiger partial charge in [0.2, 0.25) is 0 Å². The highest BCUT2D eigenvalue weighted by Gasteiger charge is 2.22. The monoisotopic (exact) mass is 346 g/mol. The van der Waals surface area contributed by atoms with E-state index in [1.165, 1.54) is 0 Å². The SMILES string of the molecule is N#Cc1cc(NC(=O)N2CCC(C#N)CC2)ccc1Oc1ccccc1. The molecule has 0 aromatic heterocycles. The number of para-hydroxylation sites is 1. The van der Waals surface area contributed by atoms with Gasteiger partial charge in [-0.2, -0.15) is 10.5 Å². The molecule has 2 aromatic rings. The maximum atomic E-state index is 12.4. The Morgan fingerprint density at radius 3 is 2.50 bits per heavy atom. The van der Waals surface area contributed by atoms with E-state index < -0.39 is 0 Å². The summed E-state index contributed by atoms with van der Waals surface area (Å²) in [4.78, 5) is 14.0. The van der Waals surface area contributed by atoms with Gasteiger partial charge >= 0.3 is 6.03 Å². The minimum atomic E-state index is -0.220. The summed E-state index contributed by atoms with van der Waals surface area (Å²) in [7, 11) is 0. The van der Waals surface area contributed by atoms with Gasteiger partial charge in [0.05, 0.1) is 11.6 Å². The first-order valence-electron chi connectivity index (χ1n) is 8.42. The van der Waals surface area contributed by atoms with Gasteiger partial charge in [0.25, 0.3) is 0 Å². The van der Waals surface area contributed by atoms with Gasteiger partial charge in [-0.25, -0.2) is 4.79 Å². The summed E-state index contributed by atoms with van der Waals surface area (Å²) in [6.07, 6.45) is 1.38. The van der Waals surface area contributed by atoms with E-state index in [4.69, 9.17) is 10.00 Å². The number of ether oxygens (including phenoxy) is 1. The number of nitrogens with one attached hydrogen (secondary N) is 1. The number of nitrogens with zero attached hydrogens (tertiary/aromatic N) is 3. The van der Waals surface area contributed by atoms with E-state index in [2.05, 4.69) is 17.5 Å². The molecule has 0 atom stereocenters. The Morgan fingerprint density at radius 2 is 1.85 bits per heavy atom. The van der Waals surface area contributed by atoms with Crippen molar-refractivity contribution in [2.24, 2.45) is 5.92 Å². The molecule has 1 aliphatic heterocycles. The predicted octanol–water partition coefficient (Wildman–Crippen LogP) is 4.12. The molecule has 1 saturated heterocycles. The molecule has 130 valence electrons. The second kappa shape index (κ2) is 8.04. The molecule has 26 heavy (non-hydrogen) atoms. The minimum absolute atomic E-state index is 0.0265.